The Kier molecular flexibility index (Phi) is 6.57. The summed E-state index contributed by atoms with van der Waals surface area (Å²) < 4.78 is 44.4. The van der Waals surface area contributed by atoms with Crippen molar-refractivity contribution in [1.29, 1.82) is 0 Å². The molecule has 1 aromatic heterocycles. The number of ether oxygens (including phenoxy) is 1. The lowest BCUT2D eigenvalue weighted by atomic mass is 9.47. The van der Waals surface area contributed by atoms with Crippen LogP contribution in [0.1, 0.15) is 37.7 Å². The summed E-state index contributed by atoms with van der Waals surface area (Å²) >= 11 is 5.73. The highest BCUT2D eigenvalue weighted by molar-refractivity contribution is 6.30. The number of methoxy groups -OCH3 is 1. The Morgan fingerprint density at radius 3 is 2.44 bits per heavy atom. The molecule has 2 heterocycles. The van der Waals surface area contributed by atoms with Crippen molar-refractivity contribution in [2.75, 3.05) is 43.5 Å². The Labute approximate surface area is 229 Å². The number of anilines is 3. The van der Waals surface area contributed by atoms with Gasteiger partial charge in [-0.2, -0.15) is 13.2 Å². The summed E-state index contributed by atoms with van der Waals surface area (Å²) in [5.74, 6) is 1.38. The number of hydrogen-bond donors (Lipinski definition) is 2. The third-order valence-electron chi connectivity index (χ3n) is 9.26. The van der Waals surface area contributed by atoms with Crippen molar-refractivity contribution in [3.63, 3.8) is 0 Å². The van der Waals surface area contributed by atoms with E-state index in [4.69, 9.17) is 16.3 Å². The van der Waals surface area contributed by atoms with E-state index >= 15 is 0 Å². The van der Waals surface area contributed by atoms with Gasteiger partial charge in [-0.15, -0.1) is 0 Å². The normalized spacial score (nSPS) is 30.4. The molecule has 5 aliphatic rings. The van der Waals surface area contributed by atoms with Gasteiger partial charge in [-0.25, -0.2) is 9.97 Å². The molecule has 4 saturated carbocycles. The van der Waals surface area contributed by atoms with Gasteiger partial charge in [0, 0.05) is 50.2 Å². The molecule has 0 spiro atoms. The van der Waals surface area contributed by atoms with Crippen LogP contribution in [0.3, 0.4) is 0 Å². The molecule has 2 atom stereocenters. The molecule has 4 aliphatic carbocycles. The smallest absolute Gasteiger partial charge is 0.420 e. The van der Waals surface area contributed by atoms with E-state index in [1.54, 1.807) is 6.07 Å². The first kappa shape index (κ1) is 26.4. The van der Waals surface area contributed by atoms with Gasteiger partial charge >= 0.3 is 12.1 Å². The maximum Gasteiger partial charge on any atom is 0.420 e. The number of aromatic nitrogens is 2. The van der Waals surface area contributed by atoms with Gasteiger partial charge in [-0.1, -0.05) is 11.6 Å². The molecule has 2 aromatic rings. The summed E-state index contributed by atoms with van der Waals surface area (Å²) in [6.45, 7) is 3.53. The van der Waals surface area contributed by atoms with Gasteiger partial charge in [-0.05, 0) is 62.0 Å². The van der Waals surface area contributed by atoms with E-state index in [1.165, 1.54) is 7.11 Å². The van der Waals surface area contributed by atoms with Gasteiger partial charge < -0.3 is 20.1 Å². The maximum absolute atomic E-state index is 13.0. The second-order valence-corrected chi connectivity index (χ2v) is 11.8. The van der Waals surface area contributed by atoms with Crippen molar-refractivity contribution in [3.8, 4) is 5.75 Å². The Morgan fingerprint density at radius 2 is 1.85 bits per heavy atom. The SMILES string of the molecule is COc1cc(N2CCN([C@H]3C4CC5CC3C[C@](C(=O)O)(C5)C4)CC2)ccc1Nc1ncc(C(F)(F)F)c(Cl)n1. The molecule has 7 rings (SSSR count). The predicted molar refractivity (Wildman–Crippen MR) is 140 cm³/mol. The minimum absolute atomic E-state index is 0.0620. The molecule has 0 radical (unpaired) electrons. The zero-order valence-electron chi connectivity index (χ0n) is 21.5. The first-order valence-corrected chi connectivity index (χ1v) is 13.7. The second-order valence-electron chi connectivity index (χ2n) is 11.5. The third-order valence-corrected chi connectivity index (χ3v) is 9.55. The summed E-state index contributed by atoms with van der Waals surface area (Å²) in [5.41, 5.74) is -0.0843. The minimum atomic E-state index is -4.63. The molecule has 2 unspecified atom stereocenters. The lowest BCUT2D eigenvalue weighted by Gasteiger charge is -2.61. The molecule has 5 fully saturated rings. The summed E-state index contributed by atoms with van der Waals surface area (Å²) in [4.78, 5) is 24.5. The number of benzene rings is 1. The van der Waals surface area contributed by atoms with Crippen molar-refractivity contribution < 1.29 is 27.8 Å². The Balaban J connectivity index is 1.11. The number of hydrogen-bond acceptors (Lipinski definition) is 7. The van der Waals surface area contributed by atoms with Crippen molar-refractivity contribution >= 4 is 34.9 Å². The summed E-state index contributed by atoms with van der Waals surface area (Å²) in [5, 5.41) is 12.2. The highest BCUT2D eigenvalue weighted by atomic mass is 35.5. The van der Waals surface area contributed by atoms with E-state index in [-0.39, 0.29) is 5.95 Å². The Bertz CT molecular complexity index is 1250. The summed E-state index contributed by atoms with van der Waals surface area (Å²) in [7, 11) is 1.53. The standard InChI is InChI=1S/C27H31ClF3N5O3/c1-39-21-10-18(2-3-20(21)33-25-32-14-19(23(28)34-25)27(29,30)31)35-4-6-36(7-5-35)22-16-8-15-9-17(22)13-26(11-15,12-16)24(37)38/h2-3,10,14-17,22H,4-9,11-13H2,1H3,(H,37,38)(H,32,33,34)/t15?,16?,17?,22-,26-. The van der Waals surface area contributed by atoms with E-state index in [0.29, 0.717) is 41.4 Å². The number of carboxylic acids is 1. The molecule has 0 amide bonds. The minimum Gasteiger partial charge on any atom is -0.494 e. The number of carbonyl (C=O) groups is 1. The van der Waals surface area contributed by atoms with Crippen molar-refractivity contribution in [2.24, 2.45) is 23.2 Å². The molecule has 8 nitrogen and oxygen atoms in total. The molecule has 1 saturated heterocycles. The molecule has 2 N–H and O–H groups in total. The van der Waals surface area contributed by atoms with Crippen molar-refractivity contribution in [2.45, 2.75) is 44.3 Å². The van der Waals surface area contributed by atoms with Crippen LogP contribution >= 0.6 is 11.6 Å². The third kappa shape index (κ3) is 4.77. The number of halogens is 4. The van der Waals surface area contributed by atoms with Gasteiger partial charge in [0.2, 0.25) is 5.95 Å². The van der Waals surface area contributed by atoms with Gasteiger partial charge in [-0.3, -0.25) is 9.69 Å². The van der Waals surface area contributed by atoms with E-state index in [1.807, 2.05) is 12.1 Å². The molecule has 1 aliphatic heterocycles. The first-order chi connectivity index (χ1) is 18.6. The van der Waals surface area contributed by atoms with Gasteiger partial charge in [0.25, 0.3) is 0 Å². The Morgan fingerprint density at radius 1 is 1.15 bits per heavy atom. The highest BCUT2D eigenvalue weighted by Gasteiger charge is 2.59. The molecular weight excluding hydrogens is 535 g/mol. The zero-order chi connectivity index (χ0) is 27.5. The fourth-order valence-corrected chi connectivity index (χ4v) is 8.08. The van der Waals surface area contributed by atoms with Crippen LogP contribution in [0.25, 0.3) is 0 Å². The summed E-state index contributed by atoms with van der Waals surface area (Å²) in [6.07, 6.45) is 0.852. The average Bonchev–Trinajstić information content (AvgIpc) is 2.88. The monoisotopic (exact) mass is 565 g/mol. The highest BCUT2D eigenvalue weighted by Crippen LogP contribution is 2.61. The number of aliphatic carboxylic acids is 1. The van der Waals surface area contributed by atoms with E-state index in [0.717, 1.165) is 64.0 Å². The maximum atomic E-state index is 13.0. The van der Waals surface area contributed by atoms with Crippen molar-refractivity contribution in [3.05, 3.63) is 35.1 Å². The number of piperazine rings is 1. The van der Waals surface area contributed by atoms with Crippen LogP contribution in [0.5, 0.6) is 5.75 Å². The number of rotatable bonds is 6. The van der Waals surface area contributed by atoms with Crippen LogP contribution in [-0.2, 0) is 11.0 Å². The quantitative estimate of drug-likeness (QED) is 0.456. The fraction of sp³-hybridized carbons (Fsp3) is 0.593. The number of nitrogens with one attached hydrogen (secondary N) is 1. The number of alkyl halides is 3. The Hall–Kier alpha value is -2.79. The largest absolute Gasteiger partial charge is 0.494 e. The van der Waals surface area contributed by atoms with Crippen LogP contribution in [-0.4, -0.2) is 65.3 Å². The molecule has 39 heavy (non-hydrogen) atoms. The van der Waals surface area contributed by atoms with Crippen LogP contribution in [0, 0.1) is 23.2 Å². The topological polar surface area (TPSA) is 90.8 Å². The second kappa shape index (κ2) is 9.69. The van der Waals surface area contributed by atoms with Crippen molar-refractivity contribution in [1.82, 2.24) is 14.9 Å². The van der Waals surface area contributed by atoms with Crippen LogP contribution < -0.4 is 15.0 Å². The first-order valence-electron chi connectivity index (χ1n) is 13.3. The summed E-state index contributed by atoms with van der Waals surface area (Å²) in [6, 6.07) is 6.10. The van der Waals surface area contributed by atoms with Gasteiger partial charge in [0.15, 0.2) is 0 Å². The zero-order valence-corrected chi connectivity index (χ0v) is 22.3. The number of carboxylic acid groups (broad SMARTS) is 1. The van der Waals surface area contributed by atoms with Crippen LogP contribution in [0.15, 0.2) is 24.4 Å². The fourth-order valence-electron chi connectivity index (χ4n) is 7.85. The van der Waals surface area contributed by atoms with Crippen LogP contribution in [0.2, 0.25) is 5.15 Å². The van der Waals surface area contributed by atoms with E-state index < -0.39 is 28.3 Å². The molecular formula is C27H31ClF3N5O3. The predicted octanol–water partition coefficient (Wildman–Crippen LogP) is 5.30. The van der Waals surface area contributed by atoms with Gasteiger partial charge in [0.1, 0.15) is 16.5 Å². The van der Waals surface area contributed by atoms with E-state index in [2.05, 4.69) is 25.1 Å². The molecule has 210 valence electrons. The lowest BCUT2D eigenvalue weighted by molar-refractivity contribution is -0.173. The average molecular weight is 566 g/mol. The molecule has 12 heteroatoms. The number of nitrogens with zero attached hydrogens (tertiary/aromatic N) is 4. The molecule has 4 bridgehead atoms. The van der Waals surface area contributed by atoms with Gasteiger partial charge in [0.05, 0.1) is 18.2 Å². The lowest BCUT2D eigenvalue weighted by Crippen LogP contribution is -2.63. The van der Waals surface area contributed by atoms with E-state index in [9.17, 15) is 23.1 Å². The van der Waals surface area contributed by atoms with Crippen LogP contribution in [0.4, 0.5) is 30.5 Å². The molecule has 1 aromatic carbocycles.